The van der Waals surface area contributed by atoms with Gasteiger partial charge in [-0.25, -0.2) is 14.3 Å². The van der Waals surface area contributed by atoms with Gasteiger partial charge < -0.3 is 19.9 Å². The van der Waals surface area contributed by atoms with Crippen molar-refractivity contribution in [3.63, 3.8) is 0 Å². The van der Waals surface area contributed by atoms with E-state index in [1.54, 1.807) is 9.42 Å². The Morgan fingerprint density at radius 2 is 1.82 bits per heavy atom. The molecule has 0 bridgehead atoms. The minimum absolute atomic E-state index is 0.0645. The van der Waals surface area contributed by atoms with E-state index in [-0.39, 0.29) is 34.7 Å². The van der Waals surface area contributed by atoms with E-state index in [4.69, 9.17) is 4.74 Å². The molecular weight excluding hydrogens is 504 g/mol. The first-order valence-corrected chi connectivity index (χ1v) is 14.4. The third-order valence-corrected chi connectivity index (χ3v) is 8.90. The SMILES string of the molecule is Cc1cc(N2CC[C@](C)(c3ccccc3)C2)cn2nc(C(=O)NC3CC4(CCN(C(=O)OC(C)(C)C)C4)C3)nc12. The Bertz CT molecular complexity index is 1440. The van der Waals surface area contributed by atoms with E-state index < -0.39 is 5.60 Å². The monoisotopic (exact) mass is 544 g/mol. The number of nitrogens with one attached hydrogen (secondary N) is 1. The molecule has 1 aliphatic carbocycles. The maximum atomic E-state index is 13.1. The average molecular weight is 545 g/mol. The predicted molar refractivity (Wildman–Crippen MR) is 154 cm³/mol. The van der Waals surface area contributed by atoms with E-state index in [1.807, 2.05) is 33.9 Å². The fraction of sp³-hybridized carbons (Fsp3) is 0.548. The van der Waals surface area contributed by atoms with Crippen molar-refractivity contribution >= 4 is 23.3 Å². The van der Waals surface area contributed by atoms with Crippen LogP contribution in [0.4, 0.5) is 10.5 Å². The number of rotatable bonds is 4. The number of ether oxygens (including phenoxy) is 1. The van der Waals surface area contributed by atoms with Gasteiger partial charge in [-0.2, -0.15) is 0 Å². The molecule has 1 saturated carbocycles. The van der Waals surface area contributed by atoms with Crippen LogP contribution in [-0.4, -0.2) is 69.3 Å². The summed E-state index contributed by atoms with van der Waals surface area (Å²) < 4.78 is 7.28. The highest BCUT2D eigenvalue weighted by Gasteiger charge is 2.50. The van der Waals surface area contributed by atoms with Crippen LogP contribution in [0.15, 0.2) is 42.6 Å². The number of amides is 2. The summed E-state index contributed by atoms with van der Waals surface area (Å²) in [4.78, 5) is 34.3. The molecule has 0 unspecified atom stereocenters. The van der Waals surface area contributed by atoms with Crippen molar-refractivity contribution in [3.8, 4) is 0 Å². The van der Waals surface area contributed by atoms with Crippen LogP contribution in [-0.2, 0) is 10.2 Å². The van der Waals surface area contributed by atoms with Crippen LogP contribution in [0.25, 0.3) is 5.65 Å². The lowest BCUT2D eigenvalue weighted by molar-refractivity contribution is 0.0215. The molecule has 212 valence electrons. The molecule has 1 atom stereocenters. The highest BCUT2D eigenvalue weighted by molar-refractivity contribution is 5.91. The van der Waals surface area contributed by atoms with Gasteiger partial charge in [0.25, 0.3) is 5.91 Å². The lowest BCUT2D eigenvalue weighted by atomic mass is 9.65. The lowest BCUT2D eigenvalue weighted by Crippen LogP contribution is -2.52. The molecule has 1 N–H and O–H groups in total. The highest BCUT2D eigenvalue weighted by atomic mass is 16.6. The van der Waals surface area contributed by atoms with Crippen molar-refractivity contribution in [2.75, 3.05) is 31.1 Å². The Morgan fingerprint density at radius 1 is 1.07 bits per heavy atom. The molecular formula is C31H40N6O3. The maximum absolute atomic E-state index is 13.1. The van der Waals surface area contributed by atoms with Crippen LogP contribution in [0.1, 0.15) is 75.1 Å². The van der Waals surface area contributed by atoms with Gasteiger partial charge in [0.2, 0.25) is 5.82 Å². The van der Waals surface area contributed by atoms with Gasteiger partial charge in [-0.05, 0) is 76.0 Å². The van der Waals surface area contributed by atoms with Crippen LogP contribution in [0.2, 0.25) is 0 Å². The summed E-state index contributed by atoms with van der Waals surface area (Å²) in [6, 6.07) is 12.9. The number of hydrogen-bond acceptors (Lipinski definition) is 6. The summed E-state index contributed by atoms with van der Waals surface area (Å²) in [5.74, 6) is -0.0529. The quantitative estimate of drug-likeness (QED) is 0.511. The number of pyridine rings is 1. The molecule has 2 saturated heterocycles. The number of aryl methyl sites for hydroxylation is 1. The topological polar surface area (TPSA) is 92.1 Å². The zero-order chi connectivity index (χ0) is 28.3. The minimum Gasteiger partial charge on any atom is -0.444 e. The molecule has 2 aromatic heterocycles. The van der Waals surface area contributed by atoms with Crippen molar-refractivity contribution in [2.24, 2.45) is 5.41 Å². The number of likely N-dealkylation sites (tertiary alicyclic amines) is 1. The molecule has 3 aromatic rings. The van der Waals surface area contributed by atoms with Gasteiger partial charge in [-0.1, -0.05) is 37.3 Å². The number of aromatic nitrogens is 3. The summed E-state index contributed by atoms with van der Waals surface area (Å²) in [5.41, 5.74) is 3.82. The van der Waals surface area contributed by atoms with Crippen LogP contribution < -0.4 is 10.2 Å². The fourth-order valence-electron chi connectivity index (χ4n) is 6.75. The number of carbonyl (C=O) groups is 2. The molecule has 4 heterocycles. The van der Waals surface area contributed by atoms with E-state index in [2.05, 4.69) is 63.6 Å². The van der Waals surface area contributed by atoms with E-state index >= 15 is 0 Å². The Hall–Kier alpha value is -3.62. The van der Waals surface area contributed by atoms with E-state index in [9.17, 15) is 9.59 Å². The minimum atomic E-state index is -0.500. The second-order valence-corrected chi connectivity index (χ2v) is 13.4. The van der Waals surface area contributed by atoms with Gasteiger partial charge in [0.1, 0.15) is 5.60 Å². The second-order valence-electron chi connectivity index (χ2n) is 13.4. The molecule has 3 aliphatic rings. The average Bonchev–Trinajstić information content (AvgIpc) is 3.61. The van der Waals surface area contributed by atoms with Crippen LogP contribution in [0.5, 0.6) is 0 Å². The van der Waals surface area contributed by atoms with Crippen molar-refractivity contribution in [1.82, 2.24) is 24.8 Å². The Balaban J connectivity index is 1.08. The molecule has 6 rings (SSSR count). The van der Waals surface area contributed by atoms with Crippen molar-refractivity contribution in [1.29, 1.82) is 0 Å². The summed E-state index contributed by atoms with van der Waals surface area (Å²) >= 11 is 0. The Labute approximate surface area is 235 Å². The normalized spacial score (nSPS) is 26.4. The molecule has 1 spiro atoms. The first-order valence-electron chi connectivity index (χ1n) is 14.4. The molecule has 3 fully saturated rings. The van der Waals surface area contributed by atoms with Crippen molar-refractivity contribution < 1.29 is 14.3 Å². The first-order chi connectivity index (χ1) is 18.9. The maximum Gasteiger partial charge on any atom is 0.410 e. The molecule has 40 heavy (non-hydrogen) atoms. The summed E-state index contributed by atoms with van der Waals surface area (Å²) in [6.45, 7) is 13.3. The molecule has 9 heteroatoms. The van der Waals surface area contributed by atoms with E-state index in [0.29, 0.717) is 18.7 Å². The van der Waals surface area contributed by atoms with Gasteiger partial charge in [-0.3, -0.25) is 4.79 Å². The number of anilines is 1. The van der Waals surface area contributed by atoms with Crippen molar-refractivity contribution in [3.05, 3.63) is 59.5 Å². The molecule has 0 radical (unpaired) electrons. The van der Waals surface area contributed by atoms with Crippen LogP contribution in [0, 0.1) is 12.3 Å². The van der Waals surface area contributed by atoms with Gasteiger partial charge >= 0.3 is 6.09 Å². The first kappa shape index (κ1) is 26.6. The van der Waals surface area contributed by atoms with Crippen LogP contribution in [0.3, 0.4) is 0 Å². The van der Waals surface area contributed by atoms with E-state index in [0.717, 1.165) is 50.0 Å². The van der Waals surface area contributed by atoms with Gasteiger partial charge in [-0.15, -0.1) is 5.10 Å². The number of benzene rings is 1. The van der Waals surface area contributed by atoms with Crippen LogP contribution >= 0.6 is 0 Å². The van der Waals surface area contributed by atoms with Gasteiger partial charge in [0, 0.05) is 37.6 Å². The third kappa shape index (κ3) is 5.02. The summed E-state index contributed by atoms with van der Waals surface area (Å²) in [7, 11) is 0. The standard InChI is InChI=1S/C31H40N6O3/c1-21-15-24(35-13-11-30(5,19-35)22-9-7-6-8-10-22)18-37-26(21)33-25(34-37)27(38)32-23-16-31(17-23)12-14-36(20-31)28(39)40-29(2,3)4/h6-10,15,18,23H,11-14,16-17,19-20H2,1-5H3,(H,32,38)/t23?,30-,31?/m0/s1. The predicted octanol–water partition coefficient (Wildman–Crippen LogP) is 4.73. The number of carbonyl (C=O) groups excluding carboxylic acids is 2. The smallest absolute Gasteiger partial charge is 0.410 e. The van der Waals surface area contributed by atoms with E-state index in [1.165, 1.54) is 5.56 Å². The number of hydrogen-bond donors (Lipinski definition) is 1. The molecule has 1 aromatic carbocycles. The largest absolute Gasteiger partial charge is 0.444 e. The zero-order valence-electron chi connectivity index (χ0n) is 24.2. The summed E-state index contributed by atoms with van der Waals surface area (Å²) in [5, 5.41) is 7.69. The number of fused-ring (bicyclic) bond motifs is 1. The molecule has 2 amide bonds. The fourth-order valence-corrected chi connectivity index (χ4v) is 6.75. The lowest BCUT2D eigenvalue weighted by Gasteiger charge is -2.45. The van der Waals surface area contributed by atoms with Gasteiger partial charge in [0.05, 0.1) is 11.9 Å². The number of nitrogens with zero attached hydrogens (tertiary/aromatic N) is 5. The van der Waals surface area contributed by atoms with Gasteiger partial charge in [0.15, 0.2) is 5.65 Å². The molecule has 2 aliphatic heterocycles. The summed E-state index contributed by atoms with van der Waals surface area (Å²) in [6.07, 6.45) is 5.46. The zero-order valence-corrected chi connectivity index (χ0v) is 24.2. The highest BCUT2D eigenvalue weighted by Crippen LogP contribution is 2.48. The Morgan fingerprint density at radius 3 is 2.55 bits per heavy atom. The molecule has 9 nitrogen and oxygen atoms in total. The third-order valence-electron chi connectivity index (χ3n) is 8.90. The Kier molecular flexibility index (Phi) is 6.31. The van der Waals surface area contributed by atoms with Crippen molar-refractivity contribution in [2.45, 2.75) is 77.4 Å². The second kappa shape index (κ2) is 9.49.